The molecule has 1 unspecified atom stereocenters. The fourth-order valence-electron chi connectivity index (χ4n) is 2.28. The van der Waals surface area contributed by atoms with E-state index in [4.69, 9.17) is 0 Å². The fraction of sp³-hybridized carbons (Fsp3) is 0.917. The van der Waals surface area contributed by atoms with Crippen LogP contribution in [0.2, 0.25) is 0 Å². The Morgan fingerprint density at radius 2 is 1.87 bits per heavy atom. The van der Waals surface area contributed by atoms with Crippen molar-refractivity contribution < 1.29 is 4.79 Å². The summed E-state index contributed by atoms with van der Waals surface area (Å²) < 4.78 is 0. The molecule has 3 heteroatoms. The monoisotopic (exact) mass is 212 g/mol. The lowest BCUT2D eigenvalue weighted by Crippen LogP contribution is -2.54. The van der Waals surface area contributed by atoms with E-state index in [1.54, 1.807) is 0 Å². The van der Waals surface area contributed by atoms with Gasteiger partial charge in [-0.2, -0.15) is 0 Å². The van der Waals surface area contributed by atoms with E-state index in [-0.39, 0.29) is 12.0 Å². The zero-order valence-electron chi connectivity index (χ0n) is 10.5. The highest BCUT2D eigenvalue weighted by molar-refractivity contribution is 5.86. The van der Waals surface area contributed by atoms with Crippen LogP contribution in [-0.2, 0) is 4.79 Å². The Kier molecular flexibility index (Phi) is 4.74. The molecular weight excluding hydrogens is 188 g/mol. The van der Waals surface area contributed by atoms with Crippen molar-refractivity contribution in [3.8, 4) is 0 Å². The predicted molar refractivity (Wildman–Crippen MR) is 63.0 cm³/mol. The van der Waals surface area contributed by atoms with Gasteiger partial charge in [0.25, 0.3) is 0 Å². The van der Waals surface area contributed by atoms with E-state index in [2.05, 4.69) is 37.7 Å². The molecule has 0 bridgehead atoms. The normalized spacial score (nSPS) is 24.7. The zero-order chi connectivity index (χ0) is 11.4. The first-order valence-electron chi connectivity index (χ1n) is 6.02. The van der Waals surface area contributed by atoms with E-state index in [1.807, 2.05) is 0 Å². The van der Waals surface area contributed by atoms with Gasteiger partial charge in [-0.1, -0.05) is 13.8 Å². The summed E-state index contributed by atoms with van der Waals surface area (Å²) in [6, 6.07) is 0.119. The van der Waals surface area contributed by atoms with Gasteiger partial charge in [0.1, 0.15) is 0 Å². The Labute approximate surface area is 93.4 Å². The van der Waals surface area contributed by atoms with E-state index in [0.29, 0.717) is 5.78 Å². The molecule has 0 N–H and O–H groups in total. The number of hydrogen-bond acceptors (Lipinski definition) is 3. The van der Waals surface area contributed by atoms with Gasteiger partial charge in [-0.15, -0.1) is 0 Å². The first-order chi connectivity index (χ1) is 7.10. The smallest absolute Gasteiger partial charge is 0.154 e. The van der Waals surface area contributed by atoms with Crippen LogP contribution in [0.4, 0.5) is 0 Å². The number of nitrogens with zero attached hydrogens (tertiary/aromatic N) is 2. The highest BCUT2D eigenvalue weighted by atomic mass is 16.1. The first kappa shape index (κ1) is 12.7. The molecule has 0 spiro atoms. The van der Waals surface area contributed by atoms with Crippen LogP contribution in [0.5, 0.6) is 0 Å². The molecule has 3 nitrogen and oxygen atoms in total. The Bertz CT molecular complexity index is 214. The maximum atomic E-state index is 12.2. The van der Waals surface area contributed by atoms with Crippen LogP contribution in [-0.4, -0.2) is 55.4 Å². The minimum absolute atomic E-state index is 0.119. The third-order valence-corrected chi connectivity index (χ3v) is 3.57. The maximum absolute atomic E-state index is 12.2. The summed E-state index contributed by atoms with van der Waals surface area (Å²) in [7, 11) is 4.16. The second-order valence-corrected chi connectivity index (χ2v) is 4.67. The molecule has 1 heterocycles. The van der Waals surface area contributed by atoms with E-state index in [1.165, 1.54) is 0 Å². The molecule has 0 aliphatic carbocycles. The molecular formula is C12H24N2O. The summed E-state index contributed by atoms with van der Waals surface area (Å²) in [6.45, 7) is 7.19. The maximum Gasteiger partial charge on any atom is 0.154 e. The van der Waals surface area contributed by atoms with Gasteiger partial charge in [0.05, 0.1) is 6.04 Å². The van der Waals surface area contributed by atoms with Crippen LogP contribution in [0, 0.1) is 5.92 Å². The number of ketones is 1. The van der Waals surface area contributed by atoms with E-state index in [0.717, 1.165) is 32.5 Å². The number of piperazine rings is 1. The van der Waals surface area contributed by atoms with Gasteiger partial charge < -0.3 is 4.90 Å². The molecule has 88 valence electrons. The quantitative estimate of drug-likeness (QED) is 0.700. The largest absolute Gasteiger partial charge is 0.303 e. The molecule has 1 atom stereocenters. The molecule has 0 radical (unpaired) electrons. The number of rotatable bonds is 4. The standard InChI is InChI=1S/C12H24N2O/c1-5-10(6-2)12(15)11-9-13(3)7-8-14(11)4/h10-11H,5-9H2,1-4H3. The Morgan fingerprint density at radius 3 is 2.40 bits per heavy atom. The highest BCUT2D eigenvalue weighted by Crippen LogP contribution is 2.16. The van der Waals surface area contributed by atoms with Gasteiger partial charge in [0, 0.05) is 25.6 Å². The van der Waals surface area contributed by atoms with Gasteiger partial charge in [0.15, 0.2) is 5.78 Å². The van der Waals surface area contributed by atoms with Crippen LogP contribution in [0.25, 0.3) is 0 Å². The average Bonchev–Trinajstić information content (AvgIpc) is 2.23. The van der Waals surface area contributed by atoms with Crippen molar-refractivity contribution in [3.63, 3.8) is 0 Å². The molecule has 1 rings (SSSR count). The zero-order valence-corrected chi connectivity index (χ0v) is 10.5. The predicted octanol–water partition coefficient (Wildman–Crippen LogP) is 1.24. The van der Waals surface area contributed by atoms with Crippen LogP contribution in [0.15, 0.2) is 0 Å². The molecule has 0 saturated carbocycles. The molecule has 1 aliphatic rings. The summed E-state index contributed by atoms with van der Waals surface area (Å²) in [5, 5.41) is 0. The molecule has 0 aromatic carbocycles. The van der Waals surface area contributed by atoms with Crippen LogP contribution in [0.3, 0.4) is 0 Å². The van der Waals surface area contributed by atoms with Crippen molar-refractivity contribution >= 4 is 5.78 Å². The van der Waals surface area contributed by atoms with Gasteiger partial charge in [-0.3, -0.25) is 9.69 Å². The SMILES string of the molecule is CCC(CC)C(=O)C1CN(C)CCN1C. The van der Waals surface area contributed by atoms with Crippen molar-refractivity contribution in [1.29, 1.82) is 0 Å². The summed E-state index contributed by atoms with van der Waals surface area (Å²) in [6.07, 6.45) is 1.95. The third kappa shape index (κ3) is 3.02. The highest BCUT2D eigenvalue weighted by Gasteiger charge is 2.31. The minimum Gasteiger partial charge on any atom is -0.303 e. The van der Waals surface area contributed by atoms with Crippen molar-refractivity contribution in [2.45, 2.75) is 32.7 Å². The van der Waals surface area contributed by atoms with E-state index in [9.17, 15) is 4.79 Å². The Balaban J connectivity index is 2.63. The van der Waals surface area contributed by atoms with Crippen molar-refractivity contribution in [1.82, 2.24) is 9.80 Å². The van der Waals surface area contributed by atoms with E-state index < -0.39 is 0 Å². The molecule has 15 heavy (non-hydrogen) atoms. The number of carbonyl (C=O) groups excluding carboxylic acids is 1. The Morgan fingerprint density at radius 1 is 1.27 bits per heavy atom. The third-order valence-electron chi connectivity index (χ3n) is 3.57. The van der Waals surface area contributed by atoms with Gasteiger partial charge in [0.2, 0.25) is 0 Å². The van der Waals surface area contributed by atoms with Crippen LogP contribution >= 0.6 is 0 Å². The number of likely N-dealkylation sites (N-methyl/N-ethyl adjacent to an activating group) is 2. The lowest BCUT2D eigenvalue weighted by Gasteiger charge is -2.38. The van der Waals surface area contributed by atoms with Crippen LogP contribution in [0.1, 0.15) is 26.7 Å². The summed E-state index contributed by atoms with van der Waals surface area (Å²) in [5.74, 6) is 0.693. The lowest BCUT2D eigenvalue weighted by atomic mass is 9.91. The van der Waals surface area contributed by atoms with E-state index >= 15 is 0 Å². The lowest BCUT2D eigenvalue weighted by molar-refractivity contribution is -0.129. The van der Waals surface area contributed by atoms with Crippen molar-refractivity contribution in [3.05, 3.63) is 0 Å². The number of hydrogen-bond donors (Lipinski definition) is 0. The molecule has 1 saturated heterocycles. The average molecular weight is 212 g/mol. The Hall–Kier alpha value is -0.410. The van der Waals surface area contributed by atoms with Gasteiger partial charge in [-0.05, 0) is 26.9 Å². The molecule has 0 amide bonds. The number of carbonyl (C=O) groups is 1. The molecule has 0 aromatic heterocycles. The fourth-order valence-corrected chi connectivity index (χ4v) is 2.28. The molecule has 1 aliphatic heterocycles. The number of Topliss-reactive ketones (excluding diaryl/α,β-unsaturated/α-hetero) is 1. The topological polar surface area (TPSA) is 23.6 Å². The first-order valence-corrected chi connectivity index (χ1v) is 6.02. The molecule has 0 aromatic rings. The summed E-state index contributed by atoms with van der Waals surface area (Å²) in [5.41, 5.74) is 0. The van der Waals surface area contributed by atoms with Crippen LogP contribution < -0.4 is 0 Å². The second-order valence-electron chi connectivity index (χ2n) is 4.67. The molecule has 1 fully saturated rings. The van der Waals surface area contributed by atoms with Gasteiger partial charge in [-0.25, -0.2) is 0 Å². The van der Waals surface area contributed by atoms with Crippen molar-refractivity contribution in [2.75, 3.05) is 33.7 Å². The van der Waals surface area contributed by atoms with Crippen molar-refractivity contribution in [2.24, 2.45) is 5.92 Å². The second kappa shape index (κ2) is 5.61. The van der Waals surface area contributed by atoms with Gasteiger partial charge >= 0.3 is 0 Å². The summed E-state index contributed by atoms with van der Waals surface area (Å²) in [4.78, 5) is 16.7. The minimum atomic E-state index is 0.119. The summed E-state index contributed by atoms with van der Waals surface area (Å²) >= 11 is 0.